The number of rotatable bonds is 2. The summed E-state index contributed by atoms with van der Waals surface area (Å²) in [4.78, 5) is 4.18. The number of pyridine rings is 1. The van der Waals surface area contributed by atoms with Crippen molar-refractivity contribution in [3.8, 4) is 0 Å². The number of anilines is 2. The summed E-state index contributed by atoms with van der Waals surface area (Å²) < 4.78 is 16.0. The number of hydrogen-bond donors (Lipinski definition) is 1. The van der Waals surface area contributed by atoms with Gasteiger partial charge in [-0.05, 0) is 12.1 Å². The van der Waals surface area contributed by atoms with Crippen LogP contribution in [0.2, 0.25) is 0 Å². The highest BCUT2D eigenvalue weighted by molar-refractivity contribution is 5.51. The number of nitrogens with zero attached hydrogens (tertiary/aromatic N) is 5. The predicted octanol–water partition coefficient (Wildman–Crippen LogP) is 1.35. The fourth-order valence-electron chi connectivity index (χ4n) is 1.51. The Labute approximate surface area is 95.7 Å². The predicted molar refractivity (Wildman–Crippen MR) is 59.4 cm³/mol. The summed E-state index contributed by atoms with van der Waals surface area (Å²) in [6.07, 6.45) is 3.07. The molecule has 17 heavy (non-hydrogen) atoms. The summed E-state index contributed by atoms with van der Waals surface area (Å²) in [7, 11) is 1.82. The van der Waals surface area contributed by atoms with Crippen molar-refractivity contribution in [2.45, 2.75) is 0 Å². The highest BCUT2D eigenvalue weighted by atomic mass is 19.1. The molecule has 7 heteroatoms. The van der Waals surface area contributed by atoms with Crippen LogP contribution in [0.3, 0.4) is 0 Å². The molecule has 3 aromatic heterocycles. The van der Waals surface area contributed by atoms with Crippen molar-refractivity contribution in [3.63, 3.8) is 0 Å². The molecule has 0 aliphatic heterocycles. The molecule has 0 saturated heterocycles. The van der Waals surface area contributed by atoms with Gasteiger partial charge in [-0.1, -0.05) is 0 Å². The fraction of sp³-hybridized carbons (Fsp3) is 0.100. The summed E-state index contributed by atoms with van der Waals surface area (Å²) in [5, 5.41) is 11.2. The zero-order valence-electron chi connectivity index (χ0n) is 9.00. The first kappa shape index (κ1) is 9.76. The van der Waals surface area contributed by atoms with Gasteiger partial charge >= 0.3 is 0 Å². The summed E-state index contributed by atoms with van der Waals surface area (Å²) in [6, 6.07) is 4.70. The van der Waals surface area contributed by atoms with Gasteiger partial charge in [-0.15, -0.1) is 5.10 Å². The van der Waals surface area contributed by atoms with Crippen molar-refractivity contribution in [1.82, 2.24) is 24.4 Å². The van der Waals surface area contributed by atoms with Crippen molar-refractivity contribution in [1.29, 1.82) is 0 Å². The van der Waals surface area contributed by atoms with E-state index in [2.05, 4.69) is 20.5 Å². The number of halogens is 1. The molecule has 0 radical (unpaired) electrons. The lowest BCUT2D eigenvalue weighted by Gasteiger charge is -1.93. The van der Waals surface area contributed by atoms with Crippen molar-refractivity contribution < 1.29 is 4.39 Å². The summed E-state index contributed by atoms with van der Waals surface area (Å²) in [6.45, 7) is 0. The molecule has 3 heterocycles. The lowest BCUT2D eigenvalue weighted by Crippen LogP contribution is -1.95. The second-order valence-electron chi connectivity index (χ2n) is 3.59. The average molecular weight is 232 g/mol. The van der Waals surface area contributed by atoms with E-state index in [-0.39, 0.29) is 5.82 Å². The van der Waals surface area contributed by atoms with Crippen LogP contribution in [0.4, 0.5) is 16.2 Å². The maximum absolute atomic E-state index is 13.0. The van der Waals surface area contributed by atoms with Crippen molar-refractivity contribution in [2.75, 3.05) is 5.32 Å². The molecule has 0 atom stereocenters. The lowest BCUT2D eigenvalue weighted by molar-refractivity contribution is 0.615. The molecule has 0 saturated carbocycles. The second kappa shape index (κ2) is 3.55. The Bertz CT molecular complexity index is 670. The van der Waals surface area contributed by atoms with E-state index in [0.29, 0.717) is 17.4 Å². The van der Waals surface area contributed by atoms with Gasteiger partial charge in [-0.2, -0.15) is 10.1 Å². The van der Waals surface area contributed by atoms with Crippen LogP contribution in [0.5, 0.6) is 0 Å². The Hall–Kier alpha value is -2.44. The molecule has 0 unspecified atom stereocenters. The molecule has 1 N–H and O–H groups in total. The molecule has 0 amide bonds. The van der Waals surface area contributed by atoms with E-state index < -0.39 is 0 Å². The third kappa shape index (κ3) is 1.82. The normalized spacial score (nSPS) is 10.9. The summed E-state index contributed by atoms with van der Waals surface area (Å²) >= 11 is 0. The third-order valence-corrected chi connectivity index (χ3v) is 2.25. The van der Waals surface area contributed by atoms with Gasteiger partial charge in [-0.3, -0.25) is 4.68 Å². The number of hydrogen-bond acceptors (Lipinski definition) is 4. The number of aryl methyl sites for hydroxylation is 1. The monoisotopic (exact) mass is 232 g/mol. The van der Waals surface area contributed by atoms with Gasteiger partial charge in [0.2, 0.25) is 5.95 Å². The average Bonchev–Trinajstić information content (AvgIpc) is 2.84. The van der Waals surface area contributed by atoms with Crippen LogP contribution in [0.15, 0.2) is 30.6 Å². The highest BCUT2D eigenvalue weighted by Gasteiger charge is 2.05. The first-order valence-electron chi connectivity index (χ1n) is 4.99. The van der Waals surface area contributed by atoms with E-state index in [1.54, 1.807) is 23.0 Å². The van der Waals surface area contributed by atoms with E-state index in [1.807, 2.05) is 7.05 Å². The molecule has 0 bridgehead atoms. The topological polar surface area (TPSA) is 60.0 Å². The molecule has 0 aliphatic rings. The van der Waals surface area contributed by atoms with Gasteiger partial charge in [0.25, 0.3) is 0 Å². The number of aromatic nitrogens is 5. The van der Waals surface area contributed by atoms with Crippen LogP contribution in [-0.2, 0) is 7.05 Å². The molecule has 0 spiro atoms. The quantitative estimate of drug-likeness (QED) is 0.724. The molecule has 6 nitrogen and oxygen atoms in total. The molecular formula is C10H9FN6. The smallest absolute Gasteiger partial charge is 0.248 e. The molecule has 86 valence electrons. The van der Waals surface area contributed by atoms with E-state index in [9.17, 15) is 4.39 Å². The maximum atomic E-state index is 13.0. The van der Waals surface area contributed by atoms with E-state index >= 15 is 0 Å². The molecule has 0 fully saturated rings. The Morgan fingerprint density at radius 1 is 1.24 bits per heavy atom. The molecule has 0 aromatic carbocycles. The van der Waals surface area contributed by atoms with E-state index in [4.69, 9.17) is 0 Å². The van der Waals surface area contributed by atoms with Gasteiger partial charge in [0.1, 0.15) is 5.82 Å². The molecular weight excluding hydrogens is 223 g/mol. The van der Waals surface area contributed by atoms with Crippen LogP contribution >= 0.6 is 0 Å². The molecule has 0 aliphatic carbocycles. The first-order valence-corrected chi connectivity index (χ1v) is 4.99. The molecule has 3 rings (SSSR count). The number of nitrogens with one attached hydrogen (secondary N) is 1. The number of fused-ring (bicyclic) bond motifs is 1. The lowest BCUT2D eigenvalue weighted by atomic mass is 10.5. The minimum atomic E-state index is -0.355. The van der Waals surface area contributed by atoms with Gasteiger partial charge in [-0.25, -0.2) is 8.91 Å². The van der Waals surface area contributed by atoms with Crippen molar-refractivity contribution >= 4 is 17.4 Å². The van der Waals surface area contributed by atoms with E-state index in [0.717, 1.165) is 0 Å². The van der Waals surface area contributed by atoms with Crippen LogP contribution in [0.1, 0.15) is 0 Å². The van der Waals surface area contributed by atoms with Crippen LogP contribution in [0.25, 0.3) is 5.65 Å². The second-order valence-corrected chi connectivity index (χ2v) is 3.59. The zero-order valence-corrected chi connectivity index (χ0v) is 9.00. The Morgan fingerprint density at radius 2 is 2.12 bits per heavy atom. The minimum absolute atomic E-state index is 0.355. The van der Waals surface area contributed by atoms with Crippen LogP contribution in [0, 0.1) is 5.82 Å². The summed E-state index contributed by atoms with van der Waals surface area (Å²) in [5.41, 5.74) is 0.574. The summed E-state index contributed by atoms with van der Waals surface area (Å²) in [5.74, 6) is 0.671. The largest absolute Gasteiger partial charge is 0.306 e. The van der Waals surface area contributed by atoms with Gasteiger partial charge in [0.05, 0.1) is 6.20 Å². The Morgan fingerprint density at radius 3 is 2.88 bits per heavy atom. The van der Waals surface area contributed by atoms with Crippen LogP contribution in [-0.4, -0.2) is 24.4 Å². The Balaban J connectivity index is 1.95. The first-order chi connectivity index (χ1) is 8.20. The van der Waals surface area contributed by atoms with Gasteiger partial charge in [0, 0.05) is 19.3 Å². The highest BCUT2D eigenvalue weighted by Crippen LogP contribution is 2.11. The minimum Gasteiger partial charge on any atom is -0.306 e. The van der Waals surface area contributed by atoms with Crippen LogP contribution < -0.4 is 5.32 Å². The van der Waals surface area contributed by atoms with E-state index in [1.165, 1.54) is 16.8 Å². The standard InChI is InChI=1S/C10H9FN6/c1-16-5-4-8(14-16)12-10-13-9-3-2-7(11)6-17(9)15-10/h2-6H,1H3,(H,12,14,15). The van der Waals surface area contributed by atoms with Gasteiger partial charge < -0.3 is 5.32 Å². The van der Waals surface area contributed by atoms with Gasteiger partial charge in [0.15, 0.2) is 11.5 Å². The van der Waals surface area contributed by atoms with Crippen molar-refractivity contribution in [3.05, 3.63) is 36.4 Å². The molecule has 3 aromatic rings. The Kier molecular flexibility index (Phi) is 2.04. The zero-order chi connectivity index (χ0) is 11.8. The third-order valence-electron chi connectivity index (χ3n) is 2.25. The maximum Gasteiger partial charge on any atom is 0.248 e. The SMILES string of the molecule is Cn1ccc(Nc2nc3ccc(F)cn3n2)n1. The van der Waals surface area contributed by atoms with Crippen molar-refractivity contribution in [2.24, 2.45) is 7.05 Å². The fourth-order valence-corrected chi connectivity index (χ4v) is 1.51.